The summed E-state index contributed by atoms with van der Waals surface area (Å²) in [6.45, 7) is 6.02. The monoisotopic (exact) mass is 259 g/mol. The zero-order valence-corrected chi connectivity index (χ0v) is 11.5. The van der Waals surface area contributed by atoms with Gasteiger partial charge in [0.15, 0.2) is 0 Å². The number of nitrogens with one attached hydrogen (secondary N) is 2. The third-order valence-electron chi connectivity index (χ3n) is 2.53. The van der Waals surface area contributed by atoms with E-state index in [-0.39, 0.29) is 0 Å². The van der Waals surface area contributed by atoms with E-state index < -0.39 is 10.0 Å². The molecular formula is C11H21N3O2S. The molecule has 1 rings (SSSR count). The van der Waals surface area contributed by atoms with Gasteiger partial charge in [-0.25, -0.2) is 12.7 Å². The Morgan fingerprint density at radius 3 is 2.71 bits per heavy atom. The fraction of sp³-hybridized carbons (Fsp3) is 0.636. The van der Waals surface area contributed by atoms with E-state index in [0.29, 0.717) is 18.0 Å². The van der Waals surface area contributed by atoms with Crippen LogP contribution in [0.4, 0.5) is 0 Å². The second-order valence-electron chi connectivity index (χ2n) is 3.97. The molecule has 0 aliphatic carbocycles. The lowest BCUT2D eigenvalue weighted by molar-refractivity contribution is 0.468. The van der Waals surface area contributed by atoms with Crippen LogP contribution in [0.2, 0.25) is 0 Å². The maximum atomic E-state index is 12.1. The van der Waals surface area contributed by atoms with Crippen LogP contribution >= 0.6 is 0 Å². The van der Waals surface area contributed by atoms with Crippen LogP contribution in [0, 0.1) is 0 Å². The summed E-state index contributed by atoms with van der Waals surface area (Å²) >= 11 is 0. The zero-order chi connectivity index (χ0) is 12.9. The van der Waals surface area contributed by atoms with Crippen molar-refractivity contribution in [2.24, 2.45) is 0 Å². The molecule has 5 nitrogen and oxygen atoms in total. The molecule has 1 aromatic heterocycles. The van der Waals surface area contributed by atoms with Crippen molar-refractivity contribution in [1.29, 1.82) is 0 Å². The van der Waals surface area contributed by atoms with Crippen LogP contribution in [0.15, 0.2) is 17.2 Å². The summed E-state index contributed by atoms with van der Waals surface area (Å²) in [5.41, 5.74) is 0.885. The Kier molecular flexibility index (Phi) is 5.17. The number of sulfonamides is 1. The minimum atomic E-state index is -3.33. The fourth-order valence-electron chi connectivity index (χ4n) is 1.54. The Morgan fingerprint density at radius 1 is 1.41 bits per heavy atom. The molecule has 0 saturated carbocycles. The highest BCUT2D eigenvalue weighted by Gasteiger charge is 2.21. The highest BCUT2D eigenvalue weighted by Crippen LogP contribution is 2.15. The fourth-order valence-corrected chi connectivity index (χ4v) is 2.83. The molecule has 1 heterocycles. The Hall–Kier alpha value is -0.850. The Bertz CT molecular complexity index is 439. The number of hydrogen-bond donors (Lipinski definition) is 2. The quantitative estimate of drug-likeness (QED) is 0.772. The molecule has 2 N–H and O–H groups in total. The average Bonchev–Trinajstić information content (AvgIpc) is 2.75. The van der Waals surface area contributed by atoms with Crippen LogP contribution in [0.1, 0.15) is 26.0 Å². The lowest BCUT2D eigenvalue weighted by Crippen LogP contribution is -2.27. The van der Waals surface area contributed by atoms with E-state index in [1.165, 1.54) is 4.31 Å². The van der Waals surface area contributed by atoms with Gasteiger partial charge in [0.05, 0.1) is 4.90 Å². The first-order valence-electron chi connectivity index (χ1n) is 5.86. The molecule has 0 aliphatic rings. The van der Waals surface area contributed by atoms with Gasteiger partial charge in [0.25, 0.3) is 0 Å². The maximum Gasteiger partial charge on any atom is 0.244 e. The minimum absolute atomic E-state index is 0.335. The number of aromatic nitrogens is 1. The standard InChI is InChI=1S/C11H21N3O2S/c1-4-6-14(3)17(15,16)11-7-10(13-9-11)8-12-5-2/h7,9,12-13H,4-6,8H2,1-3H3. The number of nitrogens with zero attached hydrogens (tertiary/aromatic N) is 1. The van der Waals surface area contributed by atoms with Gasteiger partial charge >= 0.3 is 0 Å². The molecule has 17 heavy (non-hydrogen) atoms. The van der Waals surface area contributed by atoms with Crippen LogP contribution in [0.5, 0.6) is 0 Å². The van der Waals surface area contributed by atoms with E-state index in [1.54, 1.807) is 19.3 Å². The van der Waals surface area contributed by atoms with E-state index in [1.807, 2.05) is 13.8 Å². The SMILES string of the molecule is CCCN(C)S(=O)(=O)c1c[nH]c(CNCC)c1. The van der Waals surface area contributed by atoms with Gasteiger partial charge in [-0.15, -0.1) is 0 Å². The van der Waals surface area contributed by atoms with Crippen LogP contribution in [-0.4, -0.2) is 37.8 Å². The summed E-state index contributed by atoms with van der Waals surface area (Å²) in [7, 11) is -1.72. The molecule has 0 aromatic carbocycles. The van der Waals surface area contributed by atoms with Gasteiger partial charge < -0.3 is 10.3 Å². The summed E-state index contributed by atoms with van der Waals surface area (Å²) < 4.78 is 25.6. The van der Waals surface area contributed by atoms with Crippen LogP contribution in [0.25, 0.3) is 0 Å². The molecule has 98 valence electrons. The summed E-state index contributed by atoms with van der Waals surface area (Å²) in [5.74, 6) is 0. The topological polar surface area (TPSA) is 65.2 Å². The number of hydrogen-bond acceptors (Lipinski definition) is 3. The predicted molar refractivity (Wildman–Crippen MR) is 68.3 cm³/mol. The third kappa shape index (κ3) is 3.55. The van der Waals surface area contributed by atoms with E-state index in [4.69, 9.17) is 0 Å². The van der Waals surface area contributed by atoms with E-state index in [9.17, 15) is 8.42 Å². The van der Waals surface area contributed by atoms with Crippen molar-refractivity contribution in [1.82, 2.24) is 14.6 Å². The molecule has 0 unspecified atom stereocenters. The third-order valence-corrected chi connectivity index (χ3v) is 4.36. The molecule has 0 bridgehead atoms. The average molecular weight is 259 g/mol. The second-order valence-corrected chi connectivity index (χ2v) is 6.01. The van der Waals surface area contributed by atoms with Crippen LogP contribution in [-0.2, 0) is 16.6 Å². The molecule has 0 atom stereocenters. The Morgan fingerprint density at radius 2 is 2.12 bits per heavy atom. The van der Waals surface area contributed by atoms with Crippen molar-refractivity contribution in [3.05, 3.63) is 18.0 Å². The Balaban J connectivity index is 2.81. The van der Waals surface area contributed by atoms with Crippen LogP contribution in [0.3, 0.4) is 0 Å². The molecule has 0 fully saturated rings. The van der Waals surface area contributed by atoms with Crippen molar-refractivity contribution in [2.75, 3.05) is 20.1 Å². The number of aromatic amines is 1. The van der Waals surface area contributed by atoms with E-state index >= 15 is 0 Å². The van der Waals surface area contributed by atoms with Crippen molar-refractivity contribution >= 4 is 10.0 Å². The highest BCUT2D eigenvalue weighted by molar-refractivity contribution is 7.89. The first kappa shape index (κ1) is 14.2. The largest absolute Gasteiger partial charge is 0.363 e. The van der Waals surface area contributed by atoms with Crippen molar-refractivity contribution in [2.45, 2.75) is 31.7 Å². The first-order chi connectivity index (χ1) is 8.02. The molecule has 1 aromatic rings. The zero-order valence-electron chi connectivity index (χ0n) is 10.7. The van der Waals surface area contributed by atoms with Gasteiger partial charge in [-0.05, 0) is 19.0 Å². The minimum Gasteiger partial charge on any atom is -0.363 e. The number of H-pyrrole nitrogens is 1. The van der Waals surface area contributed by atoms with Gasteiger partial charge in [-0.2, -0.15) is 0 Å². The summed E-state index contributed by atoms with van der Waals surface area (Å²) in [6.07, 6.45) is 2.36. The van der Waals surface area contributed by atoms with Crippen LogP contribution < -0.4 is 5.32 Å². The molecule has 0 amide bonds. The van der Waals surface area contributed by atoms with Crippen molar-refractivity contribution < 1.29 is 8.42 Å². The van der Waals surface area contributed by atoms with Crippen molar-refractivity contribution in [3.8, 4) is 0 Å². The van der Waals surface area contributed by atoms with Gasteiger partial charge in [-0.3, -0.25) is 0 Å². The molecule has 0 saturated heterocycles. The lowest BCUT2D eigenvalue weighted by Gasteiger charge is -2.14. The van der Waals surface area contributed by atoms with Gasteiger partial charge in [0.2, 0.25) is 10.0 Å². The molecular weight excluding hydrogens is 238 g/mol. The second kappa shape index (κ2) is 6.18. The Labute approximate surface area is 103 Å². The van der Waals surface area contributed by atoms with E-state index in [0.717, 1.165) is 18.7 Å². The normalized spacial score (nSPS) is 12.2. The lowest BCUT2D eigenvalue weighted by atomic mass is 10.4. The molecule has 0 radical (unpaired) electrons. The highest BCUT2D eigenvalue weighted by atomic mass is 32.2. The molecule has 0 aliphatic heterocycles. The van der Waals surface area contributed by atoms with Gasteiger partial charge in [0.1, 0.15) is 0 Å². The first-order valence-corrected chi connectivity index (χ1v) is 7.30. The summed E-state index contributed by atoms with van der Waals surface area (Å²) in [4.78, 5) is 3.31. The smallest absolute Gasteiger partial charge is 0.244 e. The molecule has 6 heteroatoms. The summed E-state index contributed by atoms with van der Waals surface area (Å²) in [5, 5.41) is 3.14. The maximum absolute atomic E-state index is 12.1. The van der Waals surface area contributed by atoms with Gasteiger partial charge in [-0.1, -0.05) is 13.8 Å². The molecule has 0 spiro atoms. The van der Waals surface area contributed by atoms with Crippen molar-refractivity contribution in [3.63, 3.8) is 0 Å². The van der Waals surface area contributed by atoms with E-state index in [2.05, 4.69) is 10.3 Å². The number of rotatable bonds is 7. The predicted octanol–water partition coefficient (Wildman–Crippen LogP) is 1.15. The van der Waals surface area contributed by atoms with Gasteiger partial charge in [0, 0.05) is 32.0 Å². The summed E-state index contributed by atoms with van der Waals surface area (Å²) in [6, 6.07) is 1.68.